The number of carbonyl (C=O) groups excluding carboxylic acids is 1. The van der Waals surface area contributed by atoms with Gasteiger partial charge < -0.3 is 9.64 Å². The molecule has 2 rings (SSSR count). The molecule has 0 aliphatic carbocycles. The third kappa shape index (κ3) is 4.72. The summed E-state index contributed by atoms with van der Waals surface area (Å²) in [6.07, 6.45) is 1.81. The van der Waals surface area contributed by atoms with Crippen LogP contribution in [-0.2, 0) is 0 Å². The van der Waals surface area contributed by atoms with Crippen LogP contribution in [0, 0.1) is 27.7 Å². The van der Waals surface area contributed by atoms with Gasteiger partial charge in [-0.05, 0) is 75.1 Å². The van der Waals surface area contributed by atoms with Crippen LogP contribution in [0.5, 0.6) is 5.75 Å². The number of nitrogens with zero attached hydrogens (tertiary/aromatic N) is 2. The van der Waals surface area contributed by atoms with E-state index in [1.54, 1.807) is 0 Å². The van der Waals surface area contributed by atoms with E-state index < -0.39 is 0 Å². The van der Waals surface area contributed by atoms with E-state index in [1.165, 1.54) is 0 Å². The van der Waals surface area contributed by atoms with E-state index in [4.69, 9.17) is 4.74 Å². The highest BCUT2D eigenvalue weighted by molar-refractivity contribution is 5.99. The van der Waals surface area contributed by atoms with Crippen molar-refractivity contribution in [3.63, 3.8) is 0 Å². The predicted molar refractivity (Wildman–Crippen MR) is 108 cm³/mol. The minimum atomic E-state index is -0.0206. The summed E-state index contributed by atoms with van der Waals surface area (Å²) in [5.74, 6) is 0.740. The van der Waals surface area contributed by atoms with Crippen LogP contribution in [0.25, 0.3) is 0 Å². The third-order valence-electron chi connectivity index (χ3n) is 4.65. The first-order valence-corrected chi connectivity index (χ1v) is 8.91. The lowest BCUT2D eigenvalue weighted by Crippen LogP contribution is -2.15. The molecule has 0 unspecified atom stereocenters. The molecule has 0 aliphatic rings. The number of aryl methyl sites for hydroxylation is 3. The highest BCUT2D eigenvalue weighted by atomic mass is 16.5. The van der Waals surface area contributed by atoms with Gasteiger partial charge in [-0.3, -0.25) is 4.79 Å². The molecule has 0 atom stereocenters. The highest BCUT2D eigenvalue weighted by Gasteiger charge is 2.13. The Kier molecular flexibility index (Phi) is 6.56. The second-order valence-corrected chi connectivity index (χ2v) is 6.68. The average molecular weight is 352 g/mol. The van der Waals surface area contributed by atoms with Crippen LogP contribution < -0.4 is 4.74 Å². The van der Waals surface area contributed by atoms with Crippen LogP contribution >= 0.6 is 0 Å². The monoisotopic (exact) mass is 352 g/mol. The minimum absolute atomic E-state index is 0.0206. The molecular formula is C22H28N2O2. The zero-order valence-corrected chi connectivity index (χ0v) is 16.6. The molecule has 0 spiro atoms. The number of hydrogen-bond donors (Lipinski definition) is 0. The molecule has 0 aliphatic heterocycles. The summed E-state index contributed by atoms with van der Waals surface area (Å²) in [5.41, 5.74) is 5.69. The van der Waals surface area contributed by atoms with Crippen molar-refractivity contribution in [3.8, 4) is 5.75 Å². The summed E-state index contributed by atoms with van der Waals surface area (Å²) in [4.78, 5) is 19.2. The first kappa shape index (κ1) is 19.7. The van der Waals surface area contributed by atoms with Gasteiger partial charge in [-0.1, -0.05) is 12.1 Å². The Morgan fingerprint density at radius 3 is 2.54 bits per heavy atom. The summed E-state index contributed by atoms with van der Waals surface area (Å²) in [6, 6.07) is 9.74. The summed E-state index contributed by atoms with van der Waals surface area (Å²) >= 11 is 0. The van der Waals surface area contributed by atoms with Gasteiger partial charge in [-0.25, -0.2) is 4.99 Å². The summed E-state index contributed by atoms with van der Waals surface area (Å²) < 4.78 is 5.77. The number of carbonyl (C=O) groups is 1. The van der Waals surface area contributed by atoms with Crippen LogP contribution in [0.1, 0.15) is 39.5 Å². The molecule has 26 heavy (non-hydrogen) atoms. The number of Topliss-reactive ketones (excluding diaryl/α,β-unsaturated/α-hetero) is 1. The summed E-state index contributed by atoms with van der Waals surface area (Å²) in [7, 11) is 1.98. The molecular weight excluding hydrogens is 324 g/mol. The van der Waals surface area contributed by atoms with E-state index in [1.807, 2.05) is 76.3 Å². The number of ether oxygens (including phenoxy) is 1. The first-order chi connectivity index (χ1) is 12.3. The van der Waals surface area contributed by atoms with Crippen molar-refractivity contribution in [1.29, 1.82) is 0 Å². The van der Waals surface area contributed by atoms with Gasteiger partial charge in [0.1, 0.15) is 5.75 Å². The zero-order chi connectivity index (χ0) is 19.3. The van der Waals surface area contributed by atoms with Crippen LogP contribution in [-0.4, -0.2) is 37.2 Å². The normalized spacial score (nSPS) is 11.0. The molecule has 0 saturated carbocycles. The maximum Gasteiger partial charge on any atom is 0.200 e. The fraction of sp³-hybridized carbons (Fsp3) is 0.364. The third-order valence-corrected chi connectivity index (χ3v) is 4.65. The van der Waals surface area contributed by atoms with E-state index >= 15 is 0 Å². The Labute approximate surface area is 156 Å². The van der Waals surface area contributed by atoms with Gasteiger partial charge in [-0.15, -0.1) is 0 Å². The number of hydrogen-bond acceptors (Lipinski definition) is 3. The minimum Gasteiger partial charge on any atom is -0.485 e. The molecule has 138 valence electrons. The van der Waals surface area contributed by atoms with Crippen LogP contribution in [0.4, 0.5) is 5.69 Å². The number of ketones is 1. The van der Waals surface area contributed by atoms with E-state index in [9.17, 15) is 4.79 Å². The van der Waals surface area contributed by atoms with E-state index in [0.717, 1.165) is 40.2 Å². The molecule has 0 fully saturated rings. The Morgan fingerprint density at radius 1 is 1.12 bits per heavy atom. The van der Waals surface area contributed by atoms with Crippen molar-refractivity contribution in [2.24, 2.45) is 4.99 Å². The summed E-state index contributed by atoms with van der Waals surface area (Å²) in [6.45, 7) is 11.0. The highest BCUT2D eigenvalue weighted by Crippen LogP contribution is 2.25. The lowest BCUT2D eigenvalue weighted by Gasteiger charge is -2.13. The van der Waals surface area contributed by atoms with Crippen LogP contribution in [0.15, 0.2) is 35.3 Å². The molecule has 0 amide bonds. The molecule has 2 aromatic rings. The Morgan fingerprint density at radius 2 is 1.85 bits per heavy atom. The lowest BCUT2D eigenvalue weighted by molar-refractivity contribution is 0.0920. The average Bonchev–Trinajstić information content (AvgIpc) is 2.62. The number of benzene rings is 2. The van der Waals surface area contributed by atoms with Crippen molar-refractivity contribution in [1.82, 2.24) is 4.90 Å². The molecule has 0 saturated heterocycles. The second-order valence-electron chi connectivity index (χ2n) is 6.68. The molecule has 4 heteroatoms. The SMILES string of the molecule is CCN(C)/C=N\c1cc(C)c(C(=O)COc2cccc(C)c2C)cc1C. The molecule has 4 nitrogen and oxygen atoms in total. The topological polar surface area (TPSA) is 41.9 Å². The Hall–Kier alpha value is -2.62. The number of rotatable bonds is 7. The van der Waals surface area contributed by atoms with E-state index in [-0.39, 0.29) is 12.4 Å². The second kappa shape index (κ2) is 8.65. The van der Waals surface area contributed by atoms with E-state index in [0.29, 0.717) is 5.56 Å². The van der Waals surface area contributed by atoms with Gasteiger partial charge in [0.05, 0.1) is 12.0 Å². The first-order valence-electron chi connectivity index (χ1n) is 8.91. The van der Waals surface area contributed by atoms with Gasteiger partial charge in [-0.2, -0.15) is 0 Å². The fourth-order valence-electron chi connectivity index (χ4n) is 2.58. The number of aliphatic imine (C=N–C) groups is 1. The molecule has 0 N–H and O–H groups in total. The van der Waals surface area contributed by atoms with Gasteiger partial charge in [0, 0.05) is 19.2 Å². The molecule has 0 aromatic heterocycles. The smallest absolute Gasteiger partial charge is 0.200 e. The maximum absolute atomic E-state index is 12.6. The predicted octanol–water partition coefficient (Wildman–Crippen LogP) is 4.79. The van der Waals surface area contributed by atoms with Gasteiger partial charge in [0.15, 0.2) is 12.4 Å². The quantitative estimate of drug-likeness (QED) is 0.408. The largest absolute Gasteiger partial charge is 0.485 e. The van der Waals surface area contributed by atoms with Crippen molar-refractivity contribution in [3.05, 3.63) is 58.1 Å². The molecule has 0 radical (unpaired) electrons. The zero-order valence-electron chi connectivity index (χ0n) is 16.6. The van der Waals surface area contributed by atoms with Crippen LogP contribution in [0.2, 0.25) is 0 Å². The maximum atomic E-state index is 12.6. The van der Waals surface area contributed by atoms with Crippen LogP contribution in [0.3, 0.4) is 0 Å². The standard InChI is InChI=1S/C22H28N2O2/c1-7-24(6)14-23-20-12-16(3)19(11-17(20)4)21(25)13-26-22-10-8-9-15(2)18(22)5/h8-12,14H,7,13H2,1-6H3/b23-14-. The van der Waals surface area contributed by atoms with E-state index in [2.05, 4.69) is 11.9 Å². The Balaban J connectivity index is 2.15. The van der Waals surface area contributed by atoms with Gasteiger partial charge >= 0.3 is 0 Å². The molecule has 0 bridgehead atoms. The molecule has 0 heterocycles. The summed E-state index contributed by atoms with van der Waals surface area (Å²) in [5, 5.41) is 0. The van der Waals surface area contributed by atoms with Gasteiger partial charge in [0.2, 0.25) is 0 Å². The van der Waals surface area contributed by atoms with Crippen molar-refractivity contribution in [2.45, 2.75) is 34.6 Å². The fourth-order valence-corrected chi connectivity index (χ4v) is 2.58. The molecule has 2 aromatic carbocycles. The van der Waals surface area contributed by atoms with Crippen molar-refractivity contribution < 1.29 is 9.53 Å². The van der Waals surface area contributed by atoms with Gasteiger partial charge in [0.25, 0.3) is 0 Å². The van der Waals surface area contributed by atoms with Crippen molar-refractivity contribution >= 4 is 17.8 Å². The van der Waals surface area contributed by atoms with Crippen molar-refractivity contribution in [2.75, 3.05) is 20.2 Å². The lowest BCUT2D eigenvalue weighted by atomic mass is 10.0. The Bertz CT molecular complexity index is 825.